The van der Waals surface area contributed by atoms with Crippen molar-refractivity contribution in [2.24, 2.45) is 0 Å². The molecule has 4 aromatic carbocycles. The van der Waals surface area contributed by atoms with E-state index in [9.17, 15) is 10.2 Å². The monoisotopic (exact) mass is 1850 g/mol. The van der Waals surface area contributed by atoms with Crippen LogP contribution in [0.25, 0.3) is 0 Å². The molecule has 0 aliphatic carbocycles. The topological polar surface area (TPSA) is 426 Å². The molecule has 10 rings (SSSR count). The summed E-state index contributed by atoms with van der Waals surface area (Å²) >= 11 is 0. The summed E-state index contributed by atoms with van der Waals surface area (Å²) in [7, 11) is 0. The minimum Gasteiger partial charge on any atom is -0.487 e. The number of rotatable bonds is 8. The van der Waals surface area contributed by atoms with Crippen LogP contribution in [0.4, 0.5) is 0 Å². The average Bonchev–Trinajstić information content (AvgIpc) is 1.21. The van der Waals surface area contributed by atoms with Gasteiger partial charge in [0.1, 0.15) is 65.1 Å². The first-order valence-corrected chi connectivity index (χ1v) is 44.7. The number of fused-ring (bicyclic) bond motifs is 4. The van der Waals surface area contributed by atoms with Crippen molar-refractivity contribution >= 4 is 0 Å². The molecule has 0 bridgehead atoms. The highest BCUT2D eigenvalue weighted by Gasteiger charge is 2.16. The summed E-state index contributed by atoms with van der Waals surface area (Å²) < 4.78 is 180. The maximum absolute atomic E-state index is 9.26. The minimum absolute atomic E-state index is 0.0341. The van der Waals surface area contributed by atoms with Gasteiger partial charge in [0.2, 0.25) is 0 Å². The van der Waals surface area contributed by atoms with Gasteiger partial charge in [-0.05, 0) is 83.6 Å². The van der Waals surface area contributed by atoms with Crippen LogP contribution in [0.2, 0.25) is 0 Å². The lowest BCUT2D eigenvalue weighted by molar-refractivity contribution is -0.0740. The number of aliphatic hydroxyl groups is 6. The standard InChI is InChI=1S/C18H28O7.C17H26O7.C16H24O6.C15H22O6.C13H26O7.C11H22O6/c19-4-3-16-1-2-17-18(15-16)25-14-12-23-10-8-21-6-5-20-7-9-22-11-13-24-17;18-14-15-1-2-16-17(13-15)24-12-10-22-8-6-20-4-3-19-5-7-21-9-11-23-16;17-4-3-14-1-2-15-16(13-14)22-12-10-20-8-6-18-5-7-19-9-11-21-15;16-12-13-1-2-14-15(11-13)21-10-8-19-6-4-17-3-5-18-7-9-20-14;14-11-13-12-19-8-7-17-4-3-15-1-2-16-5-6-18-9-10-20-13;12-9-11-10-16-6-5-14-2-1-13-3-4-15-7-8-17-11/h1-2,15,19H,3-14H2;1-2,13,18H,3-12,14H2;1-2,13,17H,3-12H2;1-2,11,16H,3-10,12H2;13-14H,1-12H2;11-12H,1-10H2. The maximum atomic E-state index is 9.26. The lowest BCUT2D eigenvalue weighted by Crippen LogP contribution is -2.27. The zero-order valence-electron chi connectivity index (χ0n) is 75.5. The van der Waals surface area contributed by atoms with Crippen LogP contribution in [0, 0.1) is 0 Å². The van der Waals surface area contributed by atoms with Crippen LogP contribution in [0.1, 0.15) is 22.3 Å². The van der Waals surface area contributed by atoms with E-state index in [0.717, 1.165) is 22.3 Å². The van der Waals surface area contributed by atoms with Crippen molar-refractivity contribution in [3.05, 3.63) is 95.1 Å². The van der Waals surface area contributed by atoms with Crippen LogP contribution in [0.3, 0.4) is 0 Å². The van der Waals surface area contributed by atoms with Gasteiger partial charge in [-0.2, -0.15) is 0 Å². The molecular formula is C90H148O39. The molecule has 6 N–H and O–H groups in total. The van der Waals surface area contributed by atoms with Crippen LogP contribution in [-0.4, -0.2) is 439 Å². The second-order valence-corrected chi connectivity index (χ2v) is 27.5. The van der Waals surface area contributed by atoms with Crippen molar-refractivity contribution in [3.63, 3.8) is 0 Å². The van der Waals surface area contributed by atoms with Crippen LogP contribution in [0.15, 0.2) is 72.8 Å². The minimum atomic E-state index is -0.322. The summed E-state index contributed by atoms with van der Waals surface area (Å²) in [6, 6.07) is 22.1. The molecule has 39 heteroatoms. The molecule has 6 heterocycles. The summed E-state index contributed by atoms with van der Waals surface area (Å²) in [5.41, 5.74) is 3.55. The fourth-order valence-electron chi connectivity index (χ4n) is 11.0. The summed E-state index contributed by atoms with van der Waals surface area (Å²) in [6.07, 6.45) is 0.554. The molecule has 6 aliphatic rings. The molecule has 2 fully saturated rings. The normalized spacial score (nSPS) is 21.0. The predicted octanol–water partition coefficient (Wildman–Crippen LogP) is 3.02. The first-order chi connectivity index (χ1) is 64.0. The van der Waals surface area contributed by atoms with Gasteiger partial charge in [0.05, 0.1) is 344 Å². The van der Waals surface area contributed by atoms with Gasteiger partial charge < -0.3 is 187 Å². The lowest BCUT2D eigenvalue weighted by atomic mass is 10.1. The number of benzene rings is 4. The highest BCUT2D eigenvalue weighted by atomic mass is 16.6. The fraction of sp³-hybridized carbons (Fsp3) is 0.733. The molecule has 0 radical (unpaired) electrons. The van der Waals surface area contributed by atoms with E-state index < -0.39 is 0 Å². The van der Waals surface area contributed by atoms with E-state index in [4.69, 9.17) is 177 Å². The number of hydrogen-bond acceptors (Lipinski definition) is 39. The van der Waals surface area contributed by atoms with E-state index in [1.54, 1.807) is 30.3 Å². The third-order valence-corrected chi connectivity index (χ3v) is 17.6. The molecule has 2 saturated heterocycles. The van der Waals surface area contributed by atoms with Gasteiger partial charge in [0, 0.05) is 13.2 Å². The molecule has 742 valence electrons. The van der Waals surface area contributed by atoms with E-state index in [1.165, 1.54) is 0 Å². The van der Waals surface area contributed by atoms with E-state index in [-0.39, 0.29) is 51.8 Å². The summed E-state index contributed by atoms with van der Waals surface area (Å²) in [4.78, 5) is 0. The number of ether oxygens (including phenoxy) is 33. The average molecular weight is 1850 g/mol. The van der Waals surface area contributed by atoms with Crippen molar-refractivity contribution in [2.45, 2.75) is 38.3 Å². The van der Waals surface area contributed by atoms with Gasteiger partial charge in [-0.15, -0.1) is 0 Å². The van der Waals surface area contributed by atoms with Crippen molar-refractivity contribution in [1.29, 1.82) is 0 Å². The Kier molecular flexibility index (Phi) is 74.8. The van der Waals surface area contributed by atoms with Gasteiger partial charge in [-0.1, -0.05) is 24.3 Å². The Labute approximate surface area is 759 Å². The highest BCUT2D eigenvalue weighted by Crippen LogP contribution is 2.32. The summed E-state index contributed by atoms with van der Waals surface area (Å²) in [5.74, 6) is 5.11. The van der Waals surface area contributed by atoms with Crippen molar-refractivity contribution in [1.82, 2.24) is 0 Å². The van der Waals surface area contributed by atoms with Gasteiger partial charge in [0.15, 0.2) is 46.0 Å². The molecular weight excluding hydrogens is 1700 g/mol. The summed E-state index contributed by atoms with van der Waals surface area (Å²) in [5, 5.41) is 54.8. The fourth-order valence-corrected chi connectivity index (χ4v) is 11.0. The molecule has 2 unspecified atom stereocenters. The van der Waals surface area contributed by atoms with Gasteiger partial charge >= 0.3 is 0 Å². The quantitative estimate of drug-likeness (QED) is 0.148. The predicted molar refractivity (Wildman–Crippen MR) is 466 cm³/mol. The maximum Gasteiger partial charge on any atom is 0.161 e. The van der Waals surface area contributed by atoms with E-state index in [2.05, 4.69) is 0 Å². The first-order valence-electron chi connectivity index (χ1n) is 44.7. The zero-order chi connectivity index (χ0) is 91.2. The van der Waals surface area contributed by atoms with Crippen LogP contribution in [-0.2, 0) is 144 Å². The first kappa shape index (κ1) is 114. The molecule has 0 aromatic heterocycles. The third kappa shape index (κ3) is 63.0. The van der Waals surface area contributed by atoms with Crippen molar-refractivity contribution in [2.75, 3.05) is 396 Å². The second kappa shape index (κ2) is 85.0. The van der Waals surface area contributed by atoms with Gasteiger partial charge in [-0.3, -0.25) is 0 Å². The molecule has 4 aromatic rings. The Morgan fingerprint density at radius 2 is 0.326 bits per heavy atom. The second-order valence-electron chi connectivity index (χ2n) is 27.5. The molecule has 39 nitrogen and oxygen atoms in total. The Bertz CT molecular complexity index is 3100. The smallest absolute Gasteiger partial charge is 0.161 e. The van der Waals surface area contributed by atoms with Crippen molar-refractivity contribution in [3.8, 4) is 46.0 Å². The molecule has 0 saturated carbocycles. The molecule has 129 heavy (non-hydrogen) atoms. The Morgan fingerprint density at radius 3 is 0.504 bits per heavy atom. The molecule has 0 spiro atoms. The Hall–Kier alpha value is -5.96. The largest absolute Gasteiger partial charge is 0.487 e. The SMILES string of the molecule is OCC1COCCOCCOCCOCCO1.OCC1COCCOCCOCCOCCOCCO1.OCCc1ccc2c(c1)OCCOCCOCCOCCO2.OCCc1ccc2c(c1)OCCOCCOCCOCCOCCO2.OCc1ccc2c(c1)OCCOCCOCCOCCO2.OCc1ccc2c(c1)OCCOCCOCCOCCOCCO2. The van der Waals surface area contributed by atoms with Gasteiger partial charge in [0.25, 0.3) is 0 Å². The Morgan fingerprint density at radius 1 is 0.171 bits per heavy atom. The van der Waals surface area contributed by atoms with Crippen LogP contribution < -0.4 is 37.9 Å². The zero-order valence-corrected chi connectivity index (χ0v) is 75.5. The van der Waals surface area contributed by atoms with Crippen molar-refractivity contribution < 1.29 is 187 Å². The summed E-state index contributed by atoms with van der Waals surface area (Å²) in [6.45, 7) is 27.9. The number of aliphatic hydroxyl groups excluding tert-OH is 6. The van der Waals surface area contributed by atoms with Gasteiger partial charge in [-0.25, -0.2) is 0 Å². The highest BCUT2D eigenvalue weighted by molar-refractivity contribution is 5.45. The molecule has 6 aliphatic heterocycles. The van der Waals surface area contributed by atoms with E-state index in [1.807, 2.05) is 42.5 Å². The van der Waals surface area contributed by atoms with Crippen LogP contribution in [0.5, 0.6) is 46.0 Å². The lowest BCUT2D eigenvalue weighted by Gasteiger charge is -2.16. The Balaban J connectivity index is 0.000000275. The third-order valence-electron chi connectivity index (χ3n) is 17.6. The van der Waals surface area contributed by atoms with E-state index >= 15 is 0 Å². The van der Waals surface area contributed by atoms with E-state index in [0.29, 0.717) is 429 Å². The molecule has 0 amide bonds. The number of hydrogen-bond donors (Lipinski definition) is 6. The van der Waals surface area contributed by atoms with Crippen LogP contribution >= 0.6 is 0 Å². The molecule has 2 atom stereocenters.